The van der Waals surface area contributed by atoms with Gasteiger partial charge in [0.1, 0.15) is 5.82 Å². The van der Waals surface area contributed by atoms with Crippen molar-refractivity contribution < 1.29 is 12.8 Å². The summed E-state index contributed by atoms with van der Waals surface area (Å²) >= 11 is 0. The minimum Gasteiger partial charge on any atom is -0.357 e. The summed E-state index contributed by atoms with van der Waals surface area (Å²) in [7, 11) is -3.17. The molecule has 0 aromatic heterocycles. The molecular weight excluding hydrogens is 329 g/mol. The second kappa shape index (κ2) is 8.46. The largest absolute Gasteiger partial charge is 0.357 e. The lowest BCUT2D eigenvalue weighted by molar-refractivity contribution is 0.559. The van der Waals surface area contributed by atoms with Crippen molar-refractivity contribution in [1.82, 2.24) is 10.6 Å². The first-order chi connectivity index (χ1) is 11.1. The Bertz CT molecular complexity index is 680. The van der Waals surface area contributed by atoms with Crippen LogP contribution in [0.25, 0.3) is 0 Å². The fraction of sp³-hybridized carbons (Fsp3) is 0.588. The van der Waals surface area contributed by atoms with Gasteiger partial charge < -0.3 is 10.6 Å². The van der Waals surface area contributed by atoms with Gasteiger partial charge in [0.25, 0.3) is 0 Å². The molecular formula is C17H28FN3O2S. The molecule has 136 valence electrons. The van der Waals surface area contributed by atoms with Crippen molar-refractivity contribution in [1.29, 1.82) is 0 Å². The van der Waals surface area contributed by atoms with Crippen molar-refractivity contribution in [2.45, 2.75) is 45.9 Å². The quantitative estimate of drug-likeness (QED) is 0.606. The van der Waals surface area contributed by atoms with E-state index >= 15 is 0 Å². The lowest BCUT2D eigenvalue weighted by Gasteiger charge is -2.19. The van der Waals surface area contributed by atoms with E-state index in [4.69, 9.17) is 0 Å². The van der Waals surface area contributed by atoms with Crippen LogP contribution in [0.15, 0.2) is 23.2 Å². The SMILES string of the molecule is CCNC(=NCc1ccc(F)c(C)c1)NCCS(=O)(=O)C(C)(C)C. The predicted octanol–water partition coefficient (Wildman–Crippen LogP) is 2.40. The first-order valence-corrected chi connectivity index (χ1v) is 9.71. The summed E-state index contributed by atoms with van der Waals surface area (Å²) in [5.41, 5.74) is 1.48. The molecule has 5 nitrogen and oxygen atoms in total. The molecule has 0 aliphatic heterocycles. The molecule has 1 aromatic carbocycles. The van der Waals surface area contributed by atoms with E-state index in [1.165, 1.54) is 6.07 Å². The Hall–Kier alpha value is -1.63. The Morgan fingerprint density at radius 1 is 1.25 bits per heavy atom. The number of nitrogens with zero attached hydrogens (tertiary/aromatic N) is 1. The zero-order chi connectivity index (χ0) is 18.4. The highest BCUT2D eigenvalue weighted by molar-refractivity contribution is 7.92. The molecule has 0 amide bonds. The van der Waals surface area contributed by atoms with Crippen LogP contribution < -0.4 is 10.6 Å². The van der Waals surface area contributed by atoms with Crippen LogP contribution in [0.2, 0.25) is 0 Å². The van der Waals surface area contributed by atoms with Gasteiger partial charge in [0.05, 0.1) is 17.0 Å². The van der Waals surface area contributed by atoms with E-state index in [9.17, 15) is 12.8 Å². The molecule has 0 fully saturated rings. The second-order valence-corrected chi connectivity index (χ2v) is 9.50. The minimum absolute atomic E-state index is 0.0383. The van der Waals surface area contributed by atoms with Gasteiger partial charge in [-0.1, -0.05) is 12.1 Å². The zero-order valence-electron chi connectivity index (χ0n) is 15.1. The third kappa shape index (κ3) is 6.11. The third-order valence-electron chi connectivity index (χ3n) is 3.58. The molecule has 1 aromatic rings. The predicted molar refractivity (Wildman–Crippen MR) is 97.5 cm³/mol. The number of aryl methyl sites for hydroxylation is 1. The van der Waals surface area contributed by atoms with E-state index in [0.29, 0.717) is 24.6 Å². The average molecular weight is 357 g/mol. The molecule has 0 atom stereocenters. The number of aliphatic imine (C=N–C) groups is 1. The molecule has 0 spiro atoms. The van der Waals surface area contributed by atoms with Gasteiger partial charge >= 0.3 is 0 Å². The fourth-order valence-electron chi connectivity index (χ4n) is 1.93. The number of benzene rings is 1. The third-order valence-corrected chi connectivity index (χ3v) is 6.19. The van der Waals surface area contributed by atoms with Crippen molar-refractivity contribution >= 4 is 15.8 Å². The summed E-state index contributed by atoms with van der Waals surface area (Å²) in [4.78, 5) is 4.41. The number of halogens is 1. The van der Waals surface area contributed by atoms with Crippen molar-refractivity contribution in [2.24, 2.45) is 4.99 Å². The van der Waals surface area contributed by atoms with E-state index in [2.05, 4.69) is 15.6 Å². The van der Waals surface area contributed by atoms with Crippen LogP contribution in [0.1, 0.15) is 38.8 Å². The molecule has 2 N–H and O–H groups in total. The Morgan fingerprint density at radius 3 is 2.46 bits per heavy atom. The standard InChI is InChI=1S/C17H28FN3O2S/c1-6-19-16(20-9-10-24(22,23)17(3,4)5)21-12-14-7-8-15(18)13(2)11-14/h7-8,11H,6,9-10,12H2,1-5H3,(H2,19,20,21). The average Bonchev–Trinajstić information content (AvgIpc) is 2.47. The molecule has 0 bridgehead atoms. The number of hydrogen-bond donors (Lipinski definition) is 2. The summed E-state index contributed by atoms with van der Waals surface area (Å²) in [5, 5.41) is 6.10. The van der Waals surface area contributed by atoms with Crippen LogP contribution in [0.5, 0.6) is 0 Å². The molecule has 7 heteroatoms. The van der Waals surface area contributed by atoms with Crippen molar-refractivity contribution in [3.05, 3.63) is 35.1 Å². The number of hydrogen-bond acceptors (Lipinski definition) is 3. The van der Waals surface area contributed by atoms with Crippen LogP contribution in [0.4, 0.5) is 4.39 Å². The lowest BCUT2D eigenvalue weighted by atomic mass is 10.1. The number of sulfone groups is 1. The smallest absolute Gasteiger partial charge is 0.191 e. The maximum absolute atomic E-state index is 13.3. The normalized spacial score (nSPS) is 13.0. The van der Waals surface area contributed by atoms with Gasteiger partial charge in [-0.2, -0.15) is 0 Å². The minimum atomic E-state index is -3.17. The van der Waals surface area contributed by atoms with Crippen molar-refractivity contribution in [2.75, 3.05) is 18.8 Å². The summed E-state index contributed by atoms with van der Waals surface area (Å²) in [5.74, 6) is 0.347. The first-order valence-electron chi connectivity index (χ1n) is 8.06. The molecule has 0 aliphatic rings. The molecule has 0 aliphatic carbocycles. The summed E-state index contributed by atoms with van der Waals surface area (Å²) in [6.07, 6.45) is 0. The molecule has 0 heterocycles. The van der Waals surface area contributed by atoms with Crippen LogP contribution >= 0.6 is 0 Å². The van der Waals surface area contributed by atoms with Gasteiger partial charge in [-0.25, -0.2) is 17.8 Å². The Morgan fingerprint density at radius 2 is 1.92 bits per heavy atom. The summed E-state index contributed by atoms with van der Waals surface area (Å²) in [6, 6.07) is 4.88. The molecule has 24 heavy (non-hydrogen) atoms. The maximum atomic E-state index is 13.3. The number of nitrogens with one attached hydrogen (secondary N) is 2. The molecule has 0 saturated carbocycles. The Kier molecular flexibility index (Phi) is 7.20. The zero-order valence-corrected chi connectivity index (χ0v) is 15.9. The molecule has 0 radical (unpaired) electrons. The van der Waals surface area contributed by atoms with Crippen LogP contribution in [0, 0.1) is 12.7 Å². The first kappa shape index (κ1) is 20.4. The van der Waals surface area contributed by atoms with Gasteiger partial charge in [-0.05, 0) is 51.8 Å². The Labute approximate surface area is 144 Å². The van der Waals surface area contributed by atoms with Gasteiger partial charge in [0.2, 0.25) is 0 Å². The second-order valence-electron chi connectivity index (χ2n) is 6.64. The van der Waals surface area contributed by atoms with Gasteiger partial charge in [-0.3, -0.25) is 0 Å². The Balaban J connectivity index is 2.68. The van der Waals surface area contributed by atoms with Gasteiger partial charge in [0, 0.05) is 13.1 Å². The summed E-state index contributed by atoms with van der Waals surface area (Å²) < 4.78 is 36.7. The molecule has 1 rings (SSSR count). The van der Waals surface area contributed by atoms with Crippen LogP contribution in [-0.2, 0) is 16.4 Å². The van der Waals surface area contributed by atoms with E-state index in [0.717, 1.165) is 5.56 Å². The summed E-state index contributed by atoms with van der Waals surface area (Å²) in [6.45, 7) is 10.1. The van der Waals surface area contributed by atoms with Crippen LogP contribution in [0.3, 0.4) is 0 Å². The van der Waals surface area contributed by atoms with Crippen LogP contribution in [-0.4, -0.2) is 38.0 Å². The fourth-order valence-corrected chi connectivity index (χ4v) is 2.91. The number of guanidine groups is 1. The highest BCUT2D eigenvalue weighted by Crippen LogP contribution is 2.15. The van der Waals surface area contributed by atoms with Gasteiger partial charge in [-0.15, -0.1) is 0 Å². The van der Waals surface area contributed by atoms with Crippen molar-refractivity contribution in [3.8, 4) is 0 Å². The maximum Gasteiger partial charge on any atom is 0.191 e. The highest BCUT2D eigenvalue weighted by atomic mass is 32.2. The van der Waals surface area contributed by atoms with E-state index in [1.807, 2.05) is 6.92 Å². The van der Waals surface area contributed by atoms with E-state index in [-0.39, 0.29) is 18.1 Å². The monoisotopic (exact) mass is 357 g/mol. The van der Waals surface area contributed by atoms with E-state index < -0.39 is 14.6 Å². The number of rotatable bonds is 6. The molecule has 0 unspecified atom stereocenters. The molecule has 0 saturated heterocycles. The topological polar surface area (TPSA) is 70.6 Å². The van der Waals surface area contributed by atoms with Crippen molar-refractivity contribution in [3.63, 3.8) is 0 Å². The van der Waals surface area contributed by atoms with E-state index in [1.54, 1.807) is 39.8 Å². The lowest BCUT2D eigenvalue weighted by Crippen LogP contribution is -2.41. The highest BCUT2D eigenvalue weighted by Gasteiger charge is 2.28. The van der Waals surface area contributed by atoms with Gasteiger partial charge in [0.15, 0.2) is 15.8 Å².